The molecule has 130 valence electrons. The van der Waals surface area contributed by atoms with Crippen molar-refractivity contribution in [3.05, 3.63) is 64.4 Å². The molecule has 0 aliphatic carbocycles. The minimum absolute atomic E-state index is 0. The first-order valence-electron chi connectivity index (χ1n) is 7.13. The summed E-state index contributed by atoms with van der Waals surface area (Å²) in [4.78, 5) is 4.14. The monoisotopic (exact) mass is 463 g/mol. The van der Waals surface area contributed by atoms with Gasteiger partial charge in [-0.2, -0.15) is 0 Å². The molecule has 0 atom stereocenters. The normalized spacial score (nSPS) is 10.8. The molecule has 2 aromatic carbocycles. The molecule has 2 N–H and O–H groups in total. The van der Waals surface area contributed by atoms with Crippen LogP contribution in [0.5, 0.6) is 5.75 Å². The standard InChI is InChI=1S/C17H19ClFN3O.HI/c1-20-17(21-10-12-3-6-14(18)7-4-12)22-11-13-5-8-16(23-2)15(19)9-13;/h3-9H,10-11H2,1-2H3,(H2,20,21,22);1H. The lowest BCUT2D eigenvalue weighted by Crippen LogP contribution is -2.36. The van der Waals surface area contributed by atoms with Crippen molar-refractivity contribution in [3.8, 4) is 5.75 Å². The number of aliphatic imine (C=N–C) groups is 1. The summed E-state index contributed by atoms with van der Waals surface area (Å²) in [5.41, 5.74) is 1.89. The van der Waals surface area contributed by atoms with Crippen LogP contribution in [0, 0.1) is 5.82 Å². The third-order valence-electron chi connectivity index (χ3n) is 3.27. The summed E-state index contributed by atoms with van der Waals surface area (Å²) >= 11 is 5.86. The van der Waals surface area contributed by atoms with Crippen LogP contribution in [0.15, 0.2) is 47.5 Å². The minimum Gasteiger partial charge on any atom is -0.494 e. The Morgan fingerprint density at radius 1 is 1.08 bits per heavy atom. The van der Waals surface area contributed by atoms with Gasteiger partial charge in [0.1, 0.15) is 0 Å². The lowest BCUT2D eigenvalue weighted by Gasteiger charge is -2.12. The van der Waals surface area contributed by atoms with E-state index < -0.39 is 0 Å². The first-order chi connectivity index (χ1) is 11.1. The van der Waals surface area contributed by atoms with Gasteiger partial charge in [-0.3, -0.25) is 4.99 Å². The van der Waals surface area contributed by atoms with E-state index in [9.17, 15) is 4.39 Å². The van der Waals surface area contributed by atoms with E-state index >= 15 is 0 Å². The fraction of sp³-hybridized carbons (Fsp3) is 0.235. The van der Waals surface area contributed by atoms with Crippen molar-refractivity contribution in [2.75, 3.05) is 14.2 Å². The summed E-state index contributed by atoms with van der Waals surface area (Å²) < 4.78 is 18.6. The SMILES string of the molecule is CN=C(NCc1ccc(Cl)cc1)NCc1ccc(OC)c(F)c1.I. The van der Waals surface area contributed by atoms with Gasteiger partial charge in [-0.1, -0.05) is 29.8 Å². The molecule has 0 aliphatic heterocycles. The highest BCUT2D eigenvalue weighted by Gasteiger charge is 2.04. The van der Waals surface area contributed by atoms with Crippen LogP contribution in [0.25, 0.3) is 0 Å². The number of halogens is 3. The van der Waals surface area contributed by atoms with Gasteiger partial charge < -0.3 is 15.4 Å². The summed E-state index contributed by atoms with van der Waals surface area (Å²) in [6.45, 7) is 1.08. The lowest BCUT2D eigenvalue weighted by atomic mass is 10.2. The number of benzene rings is 2. The third kappa shape index (κ3) is 6.16. The van der Waals surface area contributed by atoms with Crippen LogP contribution in [-0.2, 0) is 13.1 Å². The quantitative estimate of drug-likeness (QED) is 0.401. The van der Waals surface area contributed by atoms with E-state index in [0.717, 1.165) is 11.1 Å². The van der Waals surface area contributed by atoms with Gasteiger partial charge in [0, 0.05) is 25.2 Å². The molecule has 0 heterocycles. The molecule has 0 fully saturated rings. The minimum atomic E-state index is -0.379. The molecular formula is C17H20ClFIN3O. The molecule has 24 heavy (non-hydrogen) atoms. The van der Waals surface area contributed by atoms with Gasteiger partial charge in [-0.15, -0.1) is 24.0 Å². The van der Waals surface area contributed by atoms with Crippen LogP contribution in [0.4, 0.5) is 4.39 Å². The average Bonchev–Trinajstić information content (AvgIpc) is 2.56. The maximum Gasteiger partial charge on any atom is 0.191 e. The van der Waals surface area contributed by atoms with Crippen molar-refractivity contribution in [2.45, 2.75) is 13.1 Å². The molecule has 2 aromatic rings. The number of nitrogens with zero attached hydrogens (tertiary/aromatic N) is 1. The molecule has 7 heteroatoms. The second-order valence-corrected chi connectivity index (χ2v) is 5.31. The maximum atomic E-state index is 13.6. The fourth-order valence-electron chi connectivity index (χ4n) is 2.01. The van der Waals surface area contributed by atoms with E-state index in [1.54, 1.807) is 19.2 Å². The molecule has 4 nitrogen and oxygen atoms in total. The number of hydrogen-bond donors (Lipinski definition) is 2. The van der Waals surface area contributed by atoms with E-state index in [-0.39, 0.29) is 35.5 Å². The van der Waals surface area contributed by atoms with E-state index in [1.165, 1.54) is 13.2 Å². The highest BCUT2D eigenvalue weighted by molar-refractivity contribution is 14.0. The lowest BCUT2D eigenvalue weighted by molar-refractivity contribution is 0.386. The Labute approximate surface area is 163 Å². The molecule has 0 unspecified atom stereocenters. The van der Waals surface area contributed by atoms with Gasteiger partial charge in [0.2, 0.25) is 0 Å². The third-order valence-corrected chi connectivity index (χ3v) is 3.52. The Morgan fingerprint density at radius 2 is 1.67 bits per heavy atom. The molecule has 0 saturated heterocycles. The van der Waals surface area contributed by atoms with Crippen LogP contribution in [-0.4, -0.2) is 20.1 Å². The summed E-state index contributed by atoms with van der Waals surface area (Å²) in [5, 5.41) is 7.03. The number of rotatable bonds is 5. The number of ether oxygens (including phenoxy) is 1. The van der Waals surface area contributed by atoms with Crippen molar-refractivity contribution in [1.29, 1.82) is 0 Å². The Kier molecular flexibility index (Phi) is 8.84. The molecule has 0 saturated carbocycles. The summed E-state index contributed by atoms with van der Waals surface area (Å²) in [6, 6.07) is 12.4. The van der Waals surface area contributed by atoms with Gasteiger partial charge >= 0.3 is 0 Å². The van der Waals surface area contributed by atoms with Crippen LogP contribution in [0.2, 0.25) is 5.02 Å². The number of guanidine groups is 1. The van der Waals surface area contributed by atoms with Crippen molar-refractivity contribution in [3.63, 3.8) is 0 Å². The first kappa shape index (κ1) is 20.5. The van der Waals surface area contributed by atoms with Crippen molar-refractivity contribution < 1.29 is 9.13 Å². The first-order valence-corrected chi connectivity index (χ1v) is 7.51. The molecule has 0 radical (unpaired) electrons. The molecular weight excluding hydrogens is 444 g/mol. The maximum absolute atomic E-state index is 13.6. The molecule has 2 rings (SSSR count). The van der Waals surface area contributed by atoms with E-state index in [2.05, 4.69) is 15.6 Å². The summed E-state index contributed by atoms with van der Waals surface area (Å²) in [6.07, 6.45) is 0. The van der Waals surface area contributed by atoms with Crippen LogP contribution >= 0.6 is 35.6 Å². The van der Waals surface area contributed by atoms with Gasteiger partial charge in [0.25, 0.3) is 0 Å². The van der Waals surface area contributed by atoms with Crippen molar-refractivity contribution in [1.82, 2.24) is 10.6 Å². The molecule has 0 amide bonds. The number of hydrogen-bond acceptors (Lipinski definition) is 2. The predicted octanol–water partition coefficient (Wildman–Crippen LogP) is 3.97. The van der Waals surface area contributed by atoms with Crippen LogP contribution in [0.3, 0.4) is 0 Å². The average molecular weight is 464 g/mol. The zero-order chi connectivity index (χ0) is 16.7. The van der Waals surface area contributed by atoms with Crippen LogP contribution in [0.1, 0.15) is 11.1 Å². The number of methoxy groups -OCH3 is 1. The highest BCUT2D eigenvalue weighted by atomic mass is 127. The summed E-state index contributed by atoms with van der Waals surface area (Å²) in [5.74, 6) is 0.492. The van der Waals surface area contributed by atoms with Crippen LogP contribution < -0.4 is 15.4 Å². The molecule has 0 spiro atoms. The van der Waals surface area contributed by atoms with Gasteiger partial charge in [0.05, 0.1) is 7.11 Å². The zero-order valence-electron chi connectivity index (χ0n) is 13.5. The predicted molar refractivity (Wildman–Crippen MR) is 107 cm³/mol. The molecule has 0 aromatic heterocycles. The Bertz CT molecular complexity index is 680. The topological polar surface area (TPSA) is 45.7 Å². The van der Waals surface area contributed by atoms with Crippen molar-refractivity contribution >= 4 is 41.5 Å². The second kappa shape index (κ2) is 10.4. The Balaban J connectivity index is 0.00000288. The van der Waals surface area contributed by atoms with E-state index in [4.69, 9.17) is 16.3 Å². The molecule has 0 bridgehead atoms. The largest absolute Gasteiger partial charge is 0.494 e. The van der Waals surface area contributed by atoms with Gasteiger partial charge in [-0.25, -0.2) is 4.39 Å². The van der Waals surface area contributed by atoms with Gasteiger partial charge in [-0.05, 0) is 35.4 Å². The molecule has 0 aliphatic rings. The van der Waals surface area contributed by atoms with E-state index in [0.29, 0.717) is 24.1 Å². The highest BCUT2D eigenvalue weighted by Crippen LogP contribution is 2.17. The Morgan fingerprint density at radius 3 is 2.21 bits per heavy atom. The smallest absolute Gasteiger partial charge is 0.191 e. The van der Waals surface area contributed by atoms with Crippen molar-refractivity contribution in [2.24, 2.45) is 4.99 Å². The zero-order valence-corrected chi connectivity index (χ0v) is 16.6. The van der Waals surface area contributed by atoms with Gasteiger partial charge in [0.15, 0.2) is 17.5 Å². The second-order valence-electron chi connectivity index (χ2n) is 4.87. The van der Waals surface area contributed by atoms with E-state index in [1.807, 2.05) is 24.3 Å². The Hall–Kier alpha value is -1.54. The number of nitrogens with one attached hydrogen (secondary N) is 2. The summed E-state index contributed by atoms with van der Waals surface area (Å²) in [7, 11) is 3.13. The fourth-order valence-corrected chi connectivity index (χ4v) is 2.14.